The zero-order chi connectivity index (χ0) is 37.5. The number of para-hydroxylation sites is 1. The van der Waals surface area contributed by atoms with Crippen LogP contribution in [0.5, 0.6) is 0 Å². The highest BCUT2D eigenvalue weighted by molar-refractivity contribution is 6.33. The number of fused-ring (bicyclic) bond motifs is 14. The van der Waals surface area contributed by atoms with Gasteiger partial charge in [0.25, 0.3) is 0 Å². The van der Waals surface area contributed by atoms with Crippen LogP contribution in [0.25, 0.3) is 115 Å². The molecule has 264 valence electrons. The van der Waals surface area contributed by atoms with Crippen LogP contribution < -0.4 is 0 Å². The lowest BCUT2D eigenvalue weighted by Gasteiger charge is -2.22. The standard InChI is InChI=1S/C55H34N2/c1-3-15-36(16-4-1)48-34-47(52(38-17-5-2-6-18-38)54-45-24-11-8-20-41(45)40-19-7-10-23-44(40)53(48)54)37-29-27-35(28-30-37)39-31-32-49-51(33-39)57-50-26-14-13-22-43(50)42-21-9-12-25-46(42)55(57)56-49/h1-34H. The monoisotopic (exact) mass is 722 g/mol. The summed E-state index contributed by atoms with van der Waals surface area (Å²) in [5.41, 5.74) is 13.9. The molecule has 0 aliphatic rings. The summed E-state index contributed by atoms with van der Waals surface area (Å²) >= 11 is 0. The zero-order valence-electron chi connectivity index (χ0n) is 31.0. The Morgan fingerprint density at radius 2 is 0.789 bits per heavy atom. The summed E-state index contributed by atoms with van der Waals surface area (Å²) in [6.07, 6.45) is 0. The highest BCUT2D eigenvalue weighted by Crippen LogP contribution is 2.49. The Balaban J connectivity index is 1.11. The Bertz CT molecular complexity index is 3540. The van der Waals surface area contributed by atoms with Crippen LogP contribution in [0, 0.1) is 0 Å². The predicted octanol–water partition coefficient (Wildman–Crippen LogP) is 14.9. The number of imidazole rings is 1. The molecule has 12 aromatic rings. The molecule has 0 fully saturated rings. The third-order valence-electron chi connectivity index (χ3n) is 11.9. The summed E-state index contributed by atoms with van der Waals surface area (Å²) in [6.45, 7) is 0. The summed E-state index contributed by atoms with van der Waals surface area (Å²) in [5.74, 6) is 0. The SMILES string of the molecule is c1ccc(-c2cc(-c3ccc(-c4ccc5nc6c7ccccc7c7ccccc7n6c5c4)cc3)c(-c3ccccc3)c3c4ccccc4c4ccccc4c23)cc1. The van der Waals surface area contributed by atoms with Gasteiger partial charge in [-0.1, -0.05) is 182 Å². The Kier molecular flexibility index (Phi) is 6.96. The van der Waals surface area contributed by atoms with Crippen LogP contribution in [-0.4, -0.2) is 9.38 Å². The van der Waals surface area contributed by atoms with E-state index in [4.69, 9.17) is 4.98 Å². The van der Waals surface area contributed by atoms with Gasteiger partial charge in [0.15, 0.2) is 0 Å². The van der Waals surface area contributed by atoms with Gasteiger partial charge in [0, 0.05) is 10.8 Å². The van der Waals surface area contributed by atoms with Gasteiger partial charge in [-0.25, -0.2) is 4.98 Å². The fourth-order valence-electron chi connectivity index (χ4n) is 9.41. The number of pyridine rings is 1. The third-order valence-corrected chi connectivity index (χ3v) is 11.9. The van der Waals surface area contributed by atoms with E-state index in [1.807, 2.05) is 0 Å². The van der Waals surface area contributed by atoms with E-state index in [1.165, 1.54) is 92.9 Å². The second kappa shape index (κ2) is 12.5. The molecule has 0 aliphatic heterocycles. The number of hydrogen-bond acceptors (Lipinski definition) is 1. The smallest absolute Gasteiger partial charge is 0.146 e. The largest absolute Gasteiger partial charge is 0.292 e. The maximum Gasteiger partial charge on any atom is 0.146 e. The Labute approximate surface area is 329 Å². The second-order valence-corrected chi connectivity index (χ2v) is 15.0. The minimum absolute atomic E-state index is 0.992. The molecule has 0 N–H and O–H groups in total. The highest BCUT2D eigenvalue weighted by atomic mass is 15.0. The van der Waals surface area contributed by atoms with Crippen LogP contribution in [-0.2, 0) is 0 Å². The third kappa shape index (κ3) is 4.81. The van der Waals surface area contributed by atoms with Crippen molar-refractivity contribution in [2.75, 3.05) is 0 Å². The summed E-state index contributed by atoms with van der Waals surface area (Å²) < 4.78 is 2.34. The lowest BCUT2D eigenvalue weighted by Crippen LogP contribution is -1.94. The van der Waals surface area contributed by atoms with Crippen molar-refractivity contribution in [1.82, 2.24) is 9.38 Å². The van der Waals surface area contributed by atoms with Crippen molar-refractivity contribution in [3.05, 3.63) is 206 Å². The quantitative estimate of drug-likeness (QED) is 0.165. The van der Waals surface area contributed by atoms with Crippen LogP contribution in [0.1, 0.15) is 0 Å². The number of nitrogens with zero attached hydrogens (tertiary/aromatic N) is 2. The van der Waals surface area contributed by atoms with Crippen molar-refractivity contribution in [2.45, 2.75) is 0 Å². The lowest BCUT2D eigenvalue weighted by atomic mass is 9.81. The van der Waals surface area contributed by atoms with Gasteiger partial charge in [-0.05, 0) is 106 Å². The predicted molar refractivity (Wildman–Crippen MR) is 242 cm³/mol. The molecule has 0 atom stereocenters. The fraction of sp³-hybridized carbons (Fsp3) is 0. The number of benzene rings is 10. The molecular formula is C55H34N2. The van der Waals surface area contributed by atoms with Crippen LogP contribution in [0.4, 0.5) is 0 Å². The summed E-state index contributed by atoms with van der Waals surface area (Å²) in [5, 5.41) is 11.3. The first kappa shape index (κ1) is 31.8. The summed E-state index contributed by atoms with van der Waals surface area (Å²) in [7, 11) is 0. The molecule has 2 aromatic heterocycles. The van der Waals surface area contributed by atoms with E-state index in [9.17, 15) is 0 Å². The molecule has 2 nitrogen and oxygen atoms in total. The molecule has 57 heavy (non-hydrogen) atoms. The molecule has 12 rings (SSSR count). The van der Waals surface area contributed by atoms with Crippen LogP contribution in [0.2, 0.25) is 0 Å². The molecular weight excluding hydrogens is 689 g/mol. The fourth-order valence-corrected chi connectivity index (χ4v) is 9.41. The Morgan fingerprint density at radius 1 is 0.298 bits per heavy atom. The van der Waals surface area contributed by atoms with E-state index in [0.29, 0.717) is 0 Å². The van der Waals surface area contributed by atoms with E-state index in [-0.39, 0.29) is 0 Å². The van der Waals surface area contributed by atoms with Gasteiger partial charge in [-0.2, -0.15) is 0 Å². The maximum atomic E-state index is 5.18. The number of rotatable bonds is 4. The van der Waals surface area contributed by atoms with E-state index in [1.54, 1.807) is 0 Å². The molecule has 0 saturated heterocycles. The van der Waals surface area contributed by atoms with Crippen molar-refractivity contribution in [1.29, 1.82) is 0 Å². The minimum atomic E-state index is 0.992. The van der Waals surface area contributed by atoms with Crippen molar-refractivity contribution >= 4 is 70.7 Å². The van der Waals surface area contributed by atoms with Gasteiger partial charge >= 0.3 is 0 Å². The first-order valence-corrected chi connectivity index (χ1v) is 19.6. The minimum Gasteiger partial charge on any atom is -0.292 e. The normalized spacial score (nSPS) is 11.9. The first-order chi connectivity index (χ1) is 28.3. The molecule has 0 amide bonds. The van der Waals surface area contributed by atoms with E-state index in [0.717, 1.165) is 22.2 Å². The van der Waals surface area contributed by atoms with Crippen molar-refractivity contribution in [2.24, 2.45) is 0 Å². The first-order valence-electron chi connectivity index (χ1n) is 19.6. The van der Waals surface area contributed by atoms with Crippen LogP contribution in [0.3, 0.4) is 0 Å². The molecule has 0 saturated carbocycles. The van der Waals surface area contributed by atoms with Crippen LogP contribution in [0.15, 0.2) is 206 Å². The summed E-state index contributed by atoms with van der Waals surface area (Å²) in [4.78, 5) is 5.18. The van der Waals surface area contributed by atoms with Crippen molar-refractivity contribution in [3.8, 4) is 44.5 Å². The molecule has 0 unspecified atom stereocenters. The van der Waals surface area contributed by atoms with Crippen molar-refractivity contribution < 1.29 is 0 Å². The molecule has 0 aliphatic carbocycles. The average molecular weight is 723 g/mol. The molecule has 0 bridgehead atoms. The van der Waals surface area contributed by atoms with Gasteiger partial charge in [0.2, 0.25) is 0 Å². The Morgan fingerprint density at radius 3 is 1.47 bits per heavy atom. The molecule has 10 aromatic carbocycles. The number of aromatic nitrogens is 2. The van der Waals surface area contributed by atoms with Crippen LogP contribution >= 0.6 is 0 Å². The lowest BCUT2D eigenvalue weighted by molar-refractivity contribution is 1.31. The topological polar surface area (TPSA) is 17.3 Å². The van der Waals surface area contributed by atoms with Crippen molar-refractivity contribution in [3.63, 3.8) is 0 Å². The van der Waals surface area contributed by atoms with Gasteiger partial charge in [-0.15, -0.1) is 0 Å². The molecule has 2 heteroatoms. The average Bonchev–Trinajstić information content (AvgIpc) is 3.69. The van der Waals surface area contributed by atoms with Gasteiger partial charge in [0.05, 0.1) is 16.6 Å². The molecule has 0 radical (unpaired) electrons. The highest BCUT2D eigenvalue weighted by Gasteiger charge is 2.22. The van der Waals surface area contributed by atoms with Gasteiger partial charge in [0.1, 0.15) is 5.65 Å². The number of hydrogen-bond donors (Lipinski definition) is 0. The summed E-state index contributed by atoms with van der Waals surface area (Å²) in [6, 6.07) is 75.3. The zero-order valence-corrected chi connectivity index (χ0v) is 31.0. The Hall–Kier alpha value is -7.55. The van der Waals surface area contributed by atoms with E-state index in [2.05, 4.69) is 211 Å². The second-order valence-electron chi connectivity index (χ2n) is 15.0. The van der Waals surface area contributed by atoms with E-state index < -0.39 is 0 Å². The van der Waals surface area contributed by atoms with E-state index >= 15 is 0 Å². The van der Waals surface area contributed by atoms with Gasteiger partial charge < -0.3 is 0 Å². The molecule has 0 spiro atoms. The maximum absolute atomic E-state index is 5.18. The molecule has 2 heterocycles. The van der Waals surface area contributed by atoms with Gasteiger partial charge in [-0.3, -0.25) is 4.40 Å².